The van der Waals surface area contributed by atoms with Crippen LogP contribution in [0.25, 0.3) is 15.2 Å². The van der Waals surface area contributed by atoms with Crippen LogP contribution in [0.4, 0.5) is 10.1 Å². The Balaban J connectivity index is 1.30. The van der Waals surface area contributed by atoms with Gasteiger partial charge in [-0.05, 0) is 46.1 Å². The smallest absolute Gasteiger partial charge is 0.296 e. The lowest BCUT2D eigenvalue weighted by Crippen LogP contribution is -2.47. The van der Waals surface area contributed by atoms with Crippen LogP contribution in [0, 0.1) is 5.82 Å². The van der Waals surface area contributed by atoms with Gasteiger partial charge in [0.05, 0.1) is 29.1 Å². The molecule has 3 aliphatic rings. The van der Waals surface area contributed by atoms with Crippen molar-refractivity contribution in [3.8, 4) is 16.5 Å². The Morgan fingerprint density at radius 2 is 2.03 bits per heavy atom. The first-order valence-corrected chi connectivity index (χ1v) is 15.7. The van der Waals surface area contributed by atoms with Crippen LogP contribution in [-0.4, -0.2) is 77.6 Å². The number of morpholine rings is 1. The number of fused-ring (bicyclic) bond motifs is 1. The fraction of sp³-hybridized carbons (Fsp3) is 0.400. The Kier molecular flexibility index (Phi) is 7.08. The van der Waals surface area contributed by atoms with E-state index >= 15 is 0 Å². The Labute approximate surface area is 236 Å². The minimum atomic E-state index is -3.49. The van der Waals surface area contributed by atoms with Gasteiger partial charge in [-0.3, -0.25) is 18.6 Å². The normalized spacial score (nSPS) is 21.1. The lowest BCUT2D eigenvalue weighted by Gasteiger charge is -2.35. The quantitative estimate of drug-likeness (QED) is 0.454. The second-order valence-electron chi connectivity index (χ2n) is 9.60. The highest BCUT2D eigenvalue weighted by molar-refractivity contribution is 9.15. The van der Waals surface area contributed by atoms with E-state index in [1.54, 1.807) is 12.3 Å². The molecule has 3 aliphatic heterocycles. The van der Waals surface area contributed by atoms with Gasteiger partial charge in [0.2, 0.25) is 15.8 Å². The van der Waals surface area contributed by atoms with Gasteiger partial charge in [0, 0.05) is 49.7 Å². The predicted octanol–water partition coefficient (Wildman–Crippen LogP) is 2.79. The fourth-order valence-corrected chi connectivity index (χ4v) is 8.30. The van der Waals surface area contributed by atoms with Gasteiger partial charge in [-0.15, -0.1) is 11.3 Å². The van der Waals surface area contributed by atoms with Crippen LogP contribution in [0.3, 0.4) is 0 Å². The molecule has 3 aromatic rings. The summed E-state index contributed by atoms with van der Waals surface area (Å²) in [6, 6.07) is 4.09. The molecule has 14 heteroatoms. The van der Waals surface area contributed by atoms with Crippen molar-refractivity contribution in [1.82, 2.24) is 19.4 Å². The molecule has 1 N–H and O–H groups in total. The molecule has 1 aromatic carbocycles. The third kappa shape index (κ3) is 5.04. The van der Waals surface area contributed by atoms with Gasteiger partial charge in [-0.25, -0.2) is 22.8 Å². The minimum Gasteiger partial charge on any atom is -0.501 e. The van der Waals surface area contributed by atoms with Gasteiger partial charge < -0.3 is 9.84 Å². The lowest BCUT2D eigenvalue weighted by atomic mass is 10.1. The standard InChI is InChI=1S/C25H25BrFN5O5S2/c26-19-12-17(30-5-7-37-8-6-30)14-31-23(19)29-21(22(33)25(31)34)24-28-13-18(38-24)10-15-2-3-16(27)11-20(15)32-4-1-9-39(32,35)36/h2-3,11-13,17,33H,1,4-10,14H2. The molecule has 39 heavy (non-hydrogen) atoms. The van der Waals surface area contributed by atoms with Crippen molar-refractivity contribution in [3.05, 3.63) is 62.9 Å². The van der Waals surface area contributed by atoms with Gasteiger partial charge >= 0.3 is 0 Å². The van der Waals surface area contributed by atoms with Crippen molar-refractivity contribution in [2.45, 2.75) is 25.4 Å². The molecule has 5 heterocycles. The summed E-state index contributed by atoms with van der Waals surface area (Å²) in [4.78, 5) is 25.2. The number of aromatic nitrogens is 3. The van der Waals surface area contributed by atoms with Crippen molar-refractivity contribution >= 4 is 47.5 Å². The maximum atomic E-state index is 14.1. The molecule has 0 aliphatic carbocycles. The topological polar surface area (TPSA) is 118 Å². The highest BCUT2D eigenvalue weighted by atomic mass is 79.9. The summed E-state index contributed by atoms with van der Waals surface area (Å²) in [5.41, 5.74) is 0.494. The summed E-state index contributed by atoms with van der Waals surface area (Å²) < 4.78 is 47.9. The van der Waals surface area contributed by atoms with Crippen LogP contribution in [0.15, 0.2) is 35.3 Å². The molecule has 2 aromatic heterocycles. The molecule has 2 saturated heterocycles. The molecule has 1 unspecified atom stereocenters. The largest absolute Gasteiger partial charge is 0.501 e. The summed E-state index contributed by atoms with van der Waals surface area (Å²) in [6.07, 6.45) is 4.40. The summed E-state index contributed by atoms with van der Waals surface area (Å²) in [5, 5.41) is 11.2. The van der Waals surface area contributed by atoms with Crippen LogP contribution in [0.1, 0.15) is 22.7 Å². The number of benzene rings is 1. The molecule has 10 nitrogen and oxygen atoms in total. The second kappa shape index (κ2) is 10.4. The van der Waals surface area contributed by atoms with Crippen LogP contribution >= 0.6 is 27.3 Å². The first kappa shape index (κ1) is 26.6. The minimum absolute atomic E-state index is 0.0312. The molecule has 0 amide bonds. The molecular formula is C25H25BrFN5O5S2. The average Bonchev–Trinajstić information content (AvgIpc) is 3.53. The molecule has 2 fully saturated rings. The van der Waals surface area contributed by atoms with Gasteiger partial charge in [0.1, 0.15) is 16.5 Å². The van der Waals surface area contributed by atoms with E-state index < -0.39 is 27.1 Å². The summed E-state index contributed by atoms with van der Waals surface area (Å²) in [7, 11) is -3.49. The molecule has 0 bridgehead atoms. The Hall–Kier alpha value is -2.65. The number of hydrogen-bond donors (Lipinski definition) is 1. The summed E-state index contributed by atoms with van der Waals surface area (Å²) >= 11 is 4.80. The molecule has 206 valence electrons. The molecular weight excluding hydrogens is 613 g/mol. The third-order valence-electron chi connectivity index (χ3n) is 7.12. The maximum absolute atomic E-state index is 14.1. The van der Waals surface area contributed by atoms with E-state index in [9.17, 15) is 22.7 Å². The Morgan fingerprint density at radius 3 is 2.77 bits per heavy atom. The Bertz CT molecular complexity index is 1630. The average molecular weight is 639 g/mol. The van der Waals surface area contributed by atoms with Crippen molar-refractivity contribution in [2.24, 2.45) is 0 Å². The number of nitrogens with zero attached hydrogens (tertiary/aromatic N) is 5. The zero-order valence-corrected chi connectivity index (χ0v) is 23.9. The predicted molar refractivity (Wildman–Crippen MR) is 149 cm³/mol. The SMILES string of the molecule is O=c1c(O)c(-c2ncc(Cc3ccc(F)cc3N3CCCS3(=O)=O)s2)nc2n1CC(N1CCOCC1)C=C2Br. The number of aromatic hydroxyl groups is 1. The van der Waals surface area contributed by atoms with Crippen LogP contribution in [0.5, 0.6) is 5.75 Å². The molecule has 0 radical (unpaired) electrons. The van der Waals surface area contributed by atoms with Crippen molar-refractivity contribution < 1.29 is 22.7 Å². The lowest BCUT2D eigenvalue weighted by molar-refractivity contribution is 0.0220. The van der Waals surface area contributed by atoms with Crippen LogP contribution in [0.2, 0.25) is 0 Å². The summed E-state index contributed by atoms with van der Waals surface area (Å²) in [5.74, 6) is -0.551. The van der Waals surface area contributed by atoms with E-state index in [0.29, 0.717) is 65.7 Å². The second-order valence-corrected chi connectivity index (χ2v) is 13.6. The van der Waals surface area contributed by atoms with E-state index in [1.165, 1.54) is 32.3 Å². The first-order valence-electron chi connectivity index (χ1n) is 12.5. The zero-order chi connectivity index (χ0) is 27.3. The monoisotopic (exact) mass is 637 g/mol. The number of thiazole rings is 1. The van der Waals surface area contributed by atoms with Gasteiger partial charge in [0.25, 0.3) is 5.56 Å². The van der Waals surface area contributed by atoms with Gasteiger partial charge in [0.15, 0.2) is 5.82 Å². The van der Waals surface area contributed by atoms with E-state index in [0.717, 1.165) is 18.0 Å². The Morgan fingerprint density at radius 1 is 1.23 bits per heavy atom. The third-order valence-corrected chi connectivity index (χ3v) is 10.6. The number of anilines is 1. The molecule has 1 atom stereocenters. The number of sulfonamides is 1. The number of halogens is 2. The highest BCUT2D eigenvalue weighted by Crippen LogP contribution is 2.35. The van der Waals surface area contributed by atoms with E-state index in [2.05, 4.69) is 30.8 Å². The maximum Gasteiger partial charge on any atom is 0.296 e. The number of hydrogen-bond acceptors (Lipinski definition) is 9. The number of ether oxygens (including phenoxy) is 1. The molecule has 0 saturated carbocycles. The van der Waals surface area contributed by atoms with Gasteiger partial charge in [-0.2, -0.15) is 0 Å². The fourth-order valence-electron chi connectivity index (χ4n) is 5.17. The zero-order valence-electron chi connectivity index (χ0n) is 20.7. The van der Waals surface area contributed by atoms with Crippen LogP contribution < -0.4 is 9.86 Å². The van der Waals surface area contributed by atoms with E-state index in [4.69, 9.17) is 4.74 Å². The molecule has 0 spiro atoms. The van der Waals surface area contributed by atoms with Gasteiger partial charge in [-0.1, -0.05) is 6.07 Å². The molecule has 6 rings (SSSR count). The van der Waals surface area contributed by atoms with Crippen LogP contribution in [-0.2, 0) is 27.7 Å². The van der Waals surface area contributed by atoms with E-state index in [-0.39, 0.29) is 17.5 Å². The first-order chi connectivity index (χ1) is 18.7. The highest BCUT2D eigenvalue weighted by Gasteiger charge is 2.31. The van der Waals surface area contributed by atoms with Crippen molar-refractivity contribution in [3.63, 3.8) is 0 Å². The van der Waals surface area contributed by atoms with E-state index in [1.807, 2.05) is 6.08 Å². The number of rotatable bonds is 5. The van der Waals surface area contributed by atoms with Crippen molar-refractivity contribution in [2.75, 3.05) is 42.9 Å². The van der Waals surface area contributed by atoms with Crippen molar-refractivity contribution in [1.29, 1.82) is 0 Å². The summed E-state index contributed by atoms with van der Waals surface area (Å²) in [6.45, 7) is 3.44.